The van der Waals surface area contributed by atoms with Crippen LogP contribution in [0.4, 0.5) is 0 Å². The van der Waals surface area contributed by atoms with Gasteiger partial charge in [-0.2, -0.15) is 0 Å². The second kappa shape index (κ2) is 3.08. The third-order valence-corrected chi connectivity index (χ3v) is 2.81. The van der Waals surface area contributed by atoms with Gasteiger partial charge in [0.2, 0.25) is 0 Å². The summed E-state index contributed by atoms with van der Waals surface area (Å²) in [6, 6.07) is 1.87. The van der Waals surface area contributed by atoms with E-state index in [1.54, 1.807) is 6.92 Å². The minimum atomic E-state index is -1.04. The van der Waals surface area contributed by atoms with E-state index in [2.05, 4.69) is 5.32 Å². The van der Waals surface area contributed by atoms with E-state index in [1.807, 2.05) is 13.0 Å². The highest BCUT2D eigenvalue weighted by molar-refractivity contribution is 6.08. The second-order valence-electron chi connectivity index (χ2n) is 3.72. The summed E-state index contributed by atoms with van der Waals surface area (Å²) >= 11 is 0. The van der Waals surface area contributed by atoms with Crippen LogP contribution >= 0.6 is 0 Å². The number of hydrogen-bond donors (Lipinski definition) is 2. The lowest BCUT2D eigenvalue weighted by Crippen LogP contribution is -2.16. The van der Waals surface area contributed by atoms with Gasteiger partial charge in [0.05, 0.1) is 11.1 Å². The maximum Gasteiger partial charge on any atom is 0.336 e. The zero-order valence-corrected chi connectivity index (χ0v) is 8.55. The van der Waals surface area contributed by atoms with Gasteiger partial charge in [-0.25, -0.2) is 4.79 Å². The highest BCUT2D eigenvalue weighted by Gasteiger charge is 2.27. The van der Waals surface area contributed by atoms with Crippen molar-refractivity contribution in [1.82, 2.24) is 5.32 Å². The Morgan fingerprint density at radius 1 is 1.47 bits per heavy atom. The first-order valence-electron chi connectivity index (χ1n) is 4.67. The number of carbonyl (C=O) groups is 2. The van der Waals surface area contributed by atoms with Gasteiger partial charge in [0.15, 0.2) is 0 Å². The Morgan fingerprint density at radius 2 is 2.13 bits per heavy atom. The smallest absolute Gasteiger partial charge is 0.336 e. The first-order chi connectivity index (χ1) is 7.02. The Kier molecular flexibility index (Phi) is 2.00. The quantitative estimate of drug-likeness (QED) is 0.725. The molecule has 0 fully saturated rings. The molecule has 0 atom stereocenters. The summed E-state index contributed by atoms with van der Waals surface area (Å²) in [7, 11) is 0. The SMILES string of the molecule is Cc1cc2c(c(C(=O)O)c1C)C(=O)NC2. The van der Waals surface area contributed by atoms with E-state index < -0.39 is 5.97 Å². The van der Waals surface area contributed by atoms with Crippen molar-refractivity contribution in [3.8, 4) is 0 Å². The Labute approximate surface area is 86.9 Å². The van der Waals surface area contributed by atoms with Crippen molar-refractivity contribution in [2.24, 2.45) is 0 Å². The number of nitrogens with one attached hydrogen (secondary N) is 1. The number of fused-ring (bicyclic) bond motifs is 1. The summed E-state index contributed by atoms with van der Waals surface area (Å²) in [5.74, 6) is -1.32. The maximum atomic E-state index is 11.5. The molecule has 2 rings (SSSR count). The van der Waals surface area contributed by atoms with E-state index >= 15 is 0 Å². The number of rotatable bonds is 1. The molecule has 15 heavy (non-hydrogen) atoms. The summed E-state index contributed by atoms with van der Waals surface area (Å²) in [6.45, 7) is 4.01. The topological polar surface area (TPSA) is 66.4 Å². The van der Waals surface area contributed by atoms with Crippen LogP contribution in [0.15, 0.2) is 6.07 Å². The van der Waals surface area contributed by atoms with Crippen LogP contribution in [0, 0.1) is 13.8 Å². The molecule has 4 heteroatoms. The maximum absolute atomic E-state index is 11.5. The zero-order valence-electron chi connectivity index (χ0n) is 8.55. The van der Waals surface area contributed by atoms with Crippen molar-refractivity contribution in [1.29, 1.82) is 0 Å². The Bertz CT molecular complexity index is 477. The third-order valence-electron chi connectivity index (χ3n) is 2.81. The van der Waals surface area contributed by atoms with Gasteiger partial charge in [-0.3, -0.25) is 4.79 Å². The number of carboxylic acids is 1. The molecule has 1 heterocycles. The number of aromatic carboxylic acids is 1. The van der Waals surface area contributed by atoms with Crippen LogP contribution in [0.25, 0.3) is 0 Å². The van der Waals surface area contributed by atoms with Crippen molar-refractivity contribution < 1.29 is 14.7 Å². The van der Waals surface area contributed by atoms with Crippen LogP contribution in [0.1, 0.15) is 37.4 Å². The van der Waals surface area contributed by atoms with E-state index in [0.717, 1.165) is 11.1 Å². The monoisotopic (exact) mass is 205 g/mol. The molecule has 1 aromatic carbocycles. The van der Waals surface area contributed by atoms with Gasteiger partial charge in [-0.15, -0.1) is 0 Å². The molecule has 0 radical (unpaired) electrons. The highest BCUT2D eigenvalue weighted by atomic mass is 16.4. The standard InChI is InChI=1S/C11H11NO3/c1-5-3-7-4-12-10(13)9(7)8(6(5)2)11(14)15/h3H,4H2,1-2H3,(H,12,13)(H,14,15). The molecule has 1 amide bonds. The first-order valence-corrected chi connectivity index (χ1v) is 4.67. The van der Waals surface area contributed by atoms with E-state index in [4.69, 9.17) is 5.11 Å². The molecule has 4 nitrogen and oxygen atoms in total. The molecule has 1 aliphatic rings. The Hall–Kier alpha value is -1.84. The fraction of sp³-hybridized carbons (Fsp3) is 0.273. The normalized spacial score (nSPS) is 13.6. The number of carboxylic acid groups (broad SMARTS) is 1. The molecule has 1 aromatic rings. The summed E-state index contributed by atoms with van der Waals surface area (Å²) in [5, 5.41) is 11.7. The summed E-state index contributed by atoms with van der Waals surface area (Å²) in [6.07, 6.45) is 0. The molecule has 78 valence electrons. The van der Waals surface area contributed by atoms with Gasteiger partial charge >= 0.3 is 5.97 Å². The van der Waals surface area contributed by atoms with E-state index in [-0.39, 0.29) is 11.5 Å². The molecular weight excluding hydrogens is 194 g/mol. The van der Waals surface area contributed by atoms with Crippen LogP contribution in [0.5, 0.6) is 0 Å². The lowest BCUT2D eigenvalue weighted by molar-refractivity contribution is 0.0691. The lowest BCUT2D eigenvalue weighted by atomic mass is 9.94. The second-order valence-corrected chi connectivity index (χ2v) is 3.72. The summed E-state index contributed by atoms with van der Waals surface area (Å²) < 4.78 is 0. The van der Waals surface area contributed by atoms with E-state index in [1.165, 1.54) is 0 Å². The van der Waals surface area contributed by atoms with Crippen molar-refractivity contribution >= 4 is 11.9 Å². The average Bonchev–Trinajstić information content (AvgIpc) is 2.49. The lowest BCUT2D eigenvalue weighted by Gasteiger charge is -2.09. The predicted octanol–water partition coefficient (Wildman–Crippen LogP) is 1.25. The van der Waals surface area contributed by atoms with E-state index in [9.17, 15) is 9.59 Å². The Balaban J connectivity index is 2.81. The molecule has 1 aliphatic heterocycles. The van der Waals surface area contributed by atoms with Gasteiger partial charge in [0.1, 0.15) is 0 Å². The molecule has 0 spiro atoms. The predicted molar refractivity (Wildman–Crippen MR) is 54.0 cm³/mol. The Morgan fingerprint density at radius 3 is 2.73 bits per heavy atom. The molecule has 2 N–H and O–H groups in total. The van der Waals surface area contributed by atoms with Gasteiger partial charge < -0.3 is 10.4 Å². The molecule has 0 unspecified atom stereocenters. The number of hydrogen-bond acceptors (Lipinski definition) is 2. The average molecular weight is 205 g/mol. The van der Waals surface area contributed by atoms with Gasteiger partial charge in [-0.05, 0) is 30.5 Å². The molecular formula is C11H11NO3. The zero-order chi connectivity index (χ0) is 11.2. The first kappa shape index (κ1) is 9.71. The van der Waals surface area contributed by atoms with Gasteiger partial charge in [-0.1, -0.05) is 6.07 Å². The summed E-state index contributed by atoms with van der Waals surface area (Å²) in [4.78, 5) is 22.6. The molecule has 0 saturated carbocycles. The van der Waals surface area contributed by atoms with Crippen LogP contribution in [0.3, 0.4) is 0 Å². The molecule has 0 bridgehead atoms. The molecule has 0 aromatic heterocycles. The number of aryl methyl sites for hydroxylation is 1. The largest absolute Gasteiger partial charge is 0.478 e. The fourth-order valence-electron chi connectivity index (χ4n) is 1.92. The van der Waals surface area contributed by atoms with Crippen LogP contribution < -0.4 is 5.32 Å². The van der Waals surface area contributed by atoms with Crippen molar-refractivity contribution in [3.63, 3.8) is 0 Å². The van der Waals surface area contributed by atoms with Crippen LogP contribution in [0.2, 0.25) is 0 Å². The minimum Gasteiger partial charge on any atom is -0.478 e. The van der Waals surface area contributed by atoms with Crippen LogP contribution in [-0.2, 0) is 6.54 Å². The van der Waals surface area contributed by atoms with E-state index in [0.29, 0.717) is 17.7 Å². The van der Waals surface area contributed by atoms with Gasteiger partial charge in [0.25, 0.3) is 5.91 Å². The number of amides is 1. The van der Waals surface area contributed by atoms with Crippen molar-refractivity contribution in [2.75, 3.05) is 0 Å². The molecule has 0 aliphatic carbocycles. The van der Waals surface area contributed by atoms with Crippen molar-refractivity contribution in [3.05, 3.63) is 33.9 Å². The highest BCUT2D eigenvalue weighted by Crippen LogP contribution is 2.26. The third kappa shape index (κ3) is 1.29. The summed E-state index contributed by atoms with van der Waals surface area (Å²) in [5.41, 5.74) is 2.81. The fourth-order valence-corrected chi connectivity index (χ4v) is 1.92. The van der Waals surface area contributed by atoms with Gasteiger partial charge in [0, 0.05) is 6.54 Å². The van der Waals surface area contributed by atoms with Crippen molar-refractivity contribution in [2.45, 2.75) is 20.4 Å². The molecule has 0 saturated heterocycles. The van der Waals surface area contributed by atoms with Crippen LogP contribution in [-0.4, -0.2) is 17.0 Å². The number of benzene rings is 1. The minimum absolute atomic E-state index is 0.139. The number of carbonyl (C=O) groups excluding carboxylic acids is 1.